The molecule has 1 aliphatic carbocycles. The minimum absolute atomic E-state index is 0.826. The summed E-state index contributed by atoms with van der Waals surface area (Å²) in [7, 11) is 9.87. The number of rotatable bonds is 2. The van der Waals surface area contributed by atoms with E-state index in [1.165, 1.54) is 32.1 Å². The number of aromatic nitrogens is 2. The van der Waals surface area contributed by atoms with Gasteiger partial charge in [-0.2, -0.15) is 0 Å². The molecule has 0 spiro atoms. The minimum Gasteiger partial charge on any atom is -0.283 e. The van der Waals surface area contributed by atoms with Crippen molar-refractivity contribution in [3.05, 3.63) is 66.6 Å². The molecule has 2 nitrogen and oxygen atoms in total. The molecule has 0 aliphatic heterocycles. The first-order chi connectivity index (χ1) is 10.4. The van der Waals surface area contributed by atoms with Crippen LogP contribution in [-0.4, -0.2) is 9.97 Å². The molecule has 0 atom stereocenters. The molecule has 0 N–H and O–H groups in total. The summed E-state index contributed by atoms with van der Waals surface area (Å²) in [5.74, 6) is 0. The van der Waals surface area contributed by atoms with Crippen LogP contribution in [0.4, 0.5) is 0 Å². The molecule has 0 aromatic carbocycles. The van der Waals surface area contributed by atoms with Crippen LogP contribution < -0.4 is 0 Å². The molecule has 2 aromatic rings. The smallest absolute Gasteiger partial charge is 0.0239 e. The molecule has 1 fully saturated rings. The fourth-order valence-electron chi connectivity index (χ4n) is 1.96. The van der Waals surface area contributed by atoms with Gasteiger partial charge < -0.3 is 0 Å². The van der Waals surface area contributed by atoms with Gasteiger partial charge in [-0.1, -0.05) is 44.2 Å². The summed E-state index contributed by atoms with van der Waals surface area (Å²) in [6.45, 7) is 0. The predicted molar refractivity (Wildman–Crippen MR) is 85.8 cm³/mol. The van der Waals surface area contributed by atoms with Crippen LogP contribution >= 0.6 is 17.0 Å². The van der Waals surface area contributed by atoms with Crippen molar-refractivity contribution in [2.75, 3.05) is 0 Å². The first kappa shape index (κ1) is 18.7. The molecule has 0 bridgehead atoms. The Labute approximate surface area is 146 Å². The summed E-state index contributed by atoms with van der Waals surface area (Å²) in [5.41, 5.74) is 1.86. The van der Waals surface area contributed by atoms with Gasteiger partial charge in [-0.25, -0.2) is 0 Å². The maximum Gasteiger partial charge on any atom is 0.0239 e. The molecule has 0 radical (unpaired) electrons. The van der Waals surface area contributed by atoms with Gasteiger partial charge in [0.15, 0.2) is 0 Å². The summed E-state index contributed by atoms with van der Waals surface area (Å²) < 4.78 is 0. The van der Waals surface area contributed by atoms with Gasteiger partial charge in [-0.05, 0) is 11.4 Å². The zero-order valence-electron chi connectivity index (χ0n) is 11.9. The van der Waals surface area contributed by atoms with Crippen LogP contribution in [0.1, 0.15) is 43.5 Å². The summed E-state index contributed by atoms with van der Waals surface area (Å²) in [6.07, 6.45) is 13.0. The standard InChI is InChI=1S/C11H9N2.C5H10.2ClH.Zr/c1-3-7-12-10(5-1)9-11-6-2-4-8-13-11;1-2-4-5-3-1;;;/h1-9H;1-5H2;2*1H;/q-1;;;;+4/p-2. The average Bonchev–Trinajstić information content (AvgIpc) is 3.10. The number of hydrogen-bond donors (Lipinski definition) is 0. The fourth-order valence-corrected chi connectivity index (χ4v) is 1.96. The maximum absolute atomic E-state index is 4.93. The van der Waals surface area contributed by atoms with E-state index in [9.17, 15) is 0 Å². The second-order valence-corrected chi connectivity index (χ2v) is 8.22. The molecule has 1 aliphatic rings. The molecule has 3 rings (SSSR count). The van der Waals surface area contributed by atoms with E-state index in [-0.39, 0.29) is 0 Å². The van der Waals surface area contributed by atoms with Gasteiger partial charge in [0, 0.05) is 12.4 Å². The Morgan fingerprint density at radius 3 is 1.43 bits per heavy atom. The monoisotopic (exact) mass is 399 g/mol. The van der Waals surface area contributed by atoms with Crippen molar-refractivity contribution in [1.29, 1.82) is 0 Å². The summed E-state index contributed by atoms with van der Waals surface area (Å²) in [4.78, 5) is 8.36. The van der Waals surface area contributed by atoms with E-state index in [4.69, 9.17) is 17.0 Å². The SMILES string of the molecule is C1CCCC1.[Cl][Zr+2][Cl].c1ccc([CH-]c2ccccn2)nc1. The summed E-state index contributed by atoms with van der Waals surface area (Å²) in [5, 5.41) is 0. The van der Waals surface area contributed by atoms with Crippen molar-refractivity contribution < 1.29 is 20.8 Å². The topological polar surface area (TPSA) is 25.8 Å². The van der Waals surface area contributed by atoms with E-state index in [1.807, 2.05) is 42.8 Å². The van der Waals surface area contributed by atoms with Gasteiger partial charge in [0.1, 0.15) is 0 Å². The Morgan fingerprint density at radius 2 is 1.14 bits per heavy atom. The Morgan fingerprint density at radius 1 is 0.762 bits per heavy atom. The first-order valence-electron chi connectivity index (χ1n) is 7.00. The van der Waals surface area contributed by atoms with E-state index in [2.05, 4.69) is 9.97 Å². The van der Waals surface area contributed by atoms with Crippen molar-refractivity contribution in [2.24, 2.45) is 0 Å². The second kappa shape index (κ2) is 13.3. The maximum atomic E-state index is 4.93. The molecular weight excluding hydrogens is 382 g/mol. The van der Waals surface area contributed by atoms with Gasteiger partial charge in [0.05, 0.1) is 0 Å². The van der Waals surface area contributed by atoms with Gasteiger partial charge >= 0.3 is 37.9 Å². The first-order valence-corrected chi connectivity index (χ1v) is 13.3. The molecular formula is C16H19Cl2N2Zr+. The van der Waals surface area contributed by atoms with Crippen LogP contribution in [0.5, 0.6) is 0 Å². The molecule has 0 amide bonds. The molecule has 1 saturated carbocycles. The average molecular weight is 401 g/mol. The second-order valence-electron chi connectivity index (χ2n) is 4.49. The van der Waals surface area contributed by atoms with Gasteiger partial charge in [0.2, 0.25) is 0 Å². The van der Waals surface area contributed by atoms with E-state index in [0.29, 0.717) is 0 Å². The number of nitrogens with zero attached hydrogens (tertiary/aromatic N) is 2. The van der Waals surface area contributed by atoms with Crippen LogP contribution in [0.2, 0.25) is 0 Å². The number of halogens is 2. The van der Waals surface area contributed by atoms with Crippen LogP contribution in [-0.2, 0) is 20.8 Å². The van der Waals surface area contributed by atoms with Crippen molar-refractivity contribution in [2.45, 2.75) is 32.1 Å². The predicted octanol–water partition coefficient (Wildman–Crippen LogP) is 5.40. The van der Waals surface area contributed by atoms with Gasteiger partial charge in [0.25, 0.3) is 0 Å². The van der Waals surface area contributed by atoms with E-state index >= 15 is 0 Å². The third-order valence-corrected chi connectivity index (χ3v) is 2.92. The van der Waals surface area contributed by atoms with E-state index < -0.39 is 20.8 Å². The molecule has 2 aromatic heterocycles. The molecule has 2 heterocycles. The Bertz CT molecular complexity index is 405. The molecule has 21 heavy (non-hydrogen) atoms. The Balaban J connectivity index is 0.000000228. The molecule has 5 heteroatoms. The quantitative estimate of drug-likeness (QED) is 0.630. The number of pyridine rings is 2. The van der Waals surface area contributed by atoms with E-state index in [1.54, 1.807) is 12.4 Å². The zero-order chi connectivity index (χ0) is 15.2. The summed E-state index contributed by atoms with van der Waals surface area (Å²) >= 11 is -0.826. The number of hydrogen-bond acceptors (Lipinski definition) is 2. The minimum atomic E-state index is -0.826. The largest absolute Gasteiger partial charge is 0.283 e. The third-order valence-electron chi connectivity index (χ3n) is 2.92. The normalized spacial score (nSPS) is 12.1. The van der Waals surface area contributed by atoms with Crippen LogP contribution in [0.15, 0.2) is 48.8 Å². The molecule has 0 saturated heterocycles. The fraction of sp³-hybridized carbons (Fsp3) is 0.312. The van der Waals surface area contributed by atoms with Crippen molar-refractivity contribution in [3.63, 3.8) is 0 Å². The van der Waals surface area contributed by atoms with Crippen molar-refractivity contribution in [1.82, 2.24) is 9.97 Å². The molecule has 110 valence electrons. The molecule has 0 unspecified atom stereocenters. The Kier molecular flexibility index (Phi) is 11.8. The third kappa shape index (κ3) is 10.1. The van der Waals surface area contributed by atoms with Gasteiger partial charge in [-0.3, -0.25) is 9.97 Å². The van der Waals surface area contributed by atoms with Crippen molar-refractivity contribution in [3.8, 4) is 0 Å². The van der Waals surface area contributed by atoms with Gasteiger partial charge in [-0.15, -0.1) is 30.7 Å². The van der Waals surface area contributed by atoms with Crippen molar-refractivity contribution >= 4 is 17.0 Å². The van der Waals surface area contributed by atoms with Crippen LogP contribution in [0, 0.1) is 6.42 Å². The zero-order valence-corrected chi connectivity index (χ0v) is 15.9. The summed E-state index contributed by atoms with van der Waals surface area (Å²) in [6, 6.07) is 11.6. The van der Waals surface area contributed by atoms with Crippen LogP contribution in [0.3, 0.4) is 0 Å². The van der Waals surface area contributed by atoms with Crippen LogP contribution in [0.25, 0.3) is 0 Å². The Hall–Kier alpha value is -0.367. The van der Waals surface area contributed by atoms with E-state index in [0.717, 1.165) is 11.4 Å².